The number of ether oxygens (including phenoxy) is 1. The van der Waals surface area contributed by atoms with Crippen molar-refractivity contribution in [2.24, 2.45) is 5.92 Å². The van der Waals surface area contributed by atoms with Crippen LogP contribution in [-0.2, 0) is 21.4 Å². The second-order valence-electron chi connectivity index (χ2n) is 7.75. The molecule has 1 saturated carbocycles. The molecule has 1 fully saturated rings. The number of carbonyl (C=O) groups excluding carboxylic acids is 1. The summed E-state index contributed by atoms with van der Waals surface area (Å²) in [7, 11) is 0. The van der Waals surface area contributed by atoms with E-state index in [0.29, 0.717) is 5.41 Å². The molecule has 114 valence electrons. The number of fused-ring (bicyclic) bond motifs is 2. The summed E-state index contributed by atoms with van der Waals surface area (Å²) in [6.45, 7) is 5.84. The van der Waals surface area contributed by atoms with Crippen LogP contribution < -0.4 is 0 Å². The average molecular weight is 286 g/mol. The predicted octanol–water partition coefficient (Wildman–Crippen LogP) is 4.40. The molecular weight excluding hydrogens is 260 g/mol. The molecule has 0 bridgehead atoms. The third-order valence-corrected chi connectivity index (χ3v) is 5.14. The molecule has 2 nitrogen and oxygen atoms in total. The number of aryl methyl sites for hydroxylation is 1. The Morgan fingerprint density at radius 1 is 1.14 bits per heavy atom. The van der Waals surface area contributed by atoms with Crippen LogP contribution in [0.25, 0.3) is 0 Å². The van der Waals surface area contributed by atoms with E-state index in [1.54, 1.807) is 5.56 Å². The van der Waals surface area contributed by atoms with Crippen LogP contribution in [0.2, 0.25) is 0 Å². The molecule has 0 radical (unpaired) electrons. The largest absolute Gasteiger partial charge is 0.460 e. The maximum absolute atomic E-state index is 12.2. The molecule has 0 heterocycles. The third kappa shape index (κ3) is 2.86. The van der Waals surface area contributed by atoms with E-state index >= 15 is 0 Å². The van der Waals surface area contributed by atoms with Crippen molar-refractivity contribution >= 4 is 5.97 Å². The standard InChI is InChI=1S/C19H26O2/c1-18(2,3)21-17(20)15-9-12-19(13-10-15)11-8-14-6-4-5-7-16(14)19/h4-7,15H,8-13H2,1-3H3. The van der Waals surface area contributed by atoms with Gasteiger partial charge in [0.1, 0.15) is 5.60 Å². The first kappa shape index (κ1) is 14.6. The second-order valence-corrected chi connectivity index (χ2v) is 7.75. The summed E-state index contributed by atoms with van der Waals surface area (Å²) in [5.74, 6) is 0.103. The summed E-state index contributed by atoms with van der Waals surface area (Å²) in [6, 6.07) is 8.87. The number of hydrogen-bond acceptors (Lipinski definition) is 2. The SMILES string of the molecule is CC(C)(C)OC(=O)C1CCC2(CCc3ccccc32)CC1. The molecule has 2 aliphatic rings. The van der Waals surface area contributed by atoms with Crippen LogP contribution in [0.4, 0.5) is 0 Å². The highest BCUT2D eigenvalue weighted by molar-refractivity contribution is 5.73. The lowest BCUT2D eigenvalue weighted by atomic mass is 9.67. The van der Waals surface area contributed by atoms with Gasteiger partial charge < -0.3 is 4.74 Å². The number of benzene rings is 1. The van der Waals surface area contributed by atoms with E-state index in [9.17, 15) is 4.79 Å². The Labute approximate surface area is 127 Å². The predicted molar refractivity (Wildman–Crippen MR) is 84.2 cm³/mol. The maximum Gasteiger partial charge on any atom is 0.309 e. The summed E-state index contributed by atoms with van der Waals surface area (Å²) in [6.07, 6.45) is 6.68. The first-order chi connectivity index (χ1) is 9.90. The molecule has 1 aromatic rings. The summed E-state index contributed by atoms with van der Waals surface area (Å²) in [4.78, 5) is 12.2. The Morgan fingerprint density at radius 2 is 1.81 bits per heavy atom. The van der Waals surface area contributed by atoms with Crippen LogP contribution in [0.3, 0.4) is 0 Å². The van der Waals surface area contributed by atoms with Crippen molar-refractivity contribution in [1.82, 2.24) is 0 Å². The lowest BCUT2D eigenvalue weighted by molar-refractivity contribution is -0.161. The second kappa shape index (κ2) is 5.15. The molecule has 0 unspecified atom stereocenters. The normalized spacial score (nSPS) is 28.4. The molecule has 2 heteroatoms. The molecule has 0 atom stereocenters. The maximum atomic E-state index is 12.2. The minimum Gasteiger partial charge on any atom is -0.460 e. The highest BCUT2D eigenvalue weighted by atomic mass is 16.6. The van der Waals surface area contributed by atoms with Crippen molar-refractivity contribution in [3.8, 4) is 0 Å². The average Bonchev–Trinajstić information content (AvgIpc) is 2.77. The number of hydrogen-bond donors (Lipinski definition) is 0. The van der Waals surface area contributed by atoms with Crippen molar-refractivity contribution in [2.45, 2.75) is 70.3 Å². The first-order valence-corrected chi connectivity index (χ1v) is 8.21. The summed E-state index contributed by atoms with van der Waals surface area (Å²) < 4.78 is 5.56. The molecule has 0 aliphatic heterocycles. The van der Waals surface area contributed by atoms with Gasteiger partial charge in [0.15, 0.2) is 0 Å². The van der Waals surface area contributed by atoms with Gasteiger partial charge in [0.2, 0.25) is 0 Å². The summed E-state index contributed by atoms with van der Waals surface area (Å²) >= 11 is 0. The van der Waals surface area contributed by atoms with Crippen molar-refractivity contribution < 1.29 is 9.53 Å². The zero-order valence-electron chi connectivity index (χ0n) is 13.4. The topological polar surface area (TPSA) is 26.3 Å². The van der Waals surface area contributed by atoms with Crippen LogP contribution in [0, 0.1) is 5.92 Å². The van der Waals surface area contributed by atoms with E-state index in [0.717, 1.165) is 25.7 Å². The van der Waals surface area contributed by atoms with Gasteiger partial charge in [0.05, 0.1) is 5.92 Å². The Morgan fingerprint density at radius 3 is 2.48 bits per heavy atom. The van der Waals surface area contributed by atoms with Gasteiger partial charge in [-0.15, -0.1) is 0 Å². The molecule has 0 amide bonds. The van der Waals surface area contributed by atoms with Gasteiger partial charge in [0.25, 0.3) is 0 Å². The highest BCUT2D eigenvalue weighted by Crippen LogP contribution is 2.50. The lowest BCUT2D eigenvalue weighted by Gasteiger charge is -2.38. The van der Waals surface area contributed by atoms with Gasteiger partial charge in [0, 0.05) is 0 Å². The van der Waals surface area contributed by atoms with Crippen molar-refractivity contribution in [3.63, 3.8) is 0 Å². The van der Waals surface area contributed by atoms with E-state index in [1.807, 2.05) is 20.8 Å². The van der Waals surface area contributed by atoms with Gasteiger partial charge >= 0.3 is 5.97 Å². The minimum atomic E-state index is -0.369. The Balaban J connectivity index is 1.68. The Hall–Kier alpha value is -1.31. The summed E-state index contributed by atoms with van der Waals surface area (Å²) in [5.41, 5.74) is 3.04. The fraction of sp³-hybridized carbons (Fsp3) is 0.632. The van der Waals surface area contributed by atoms with Crippen molar-refractivity contribution in [2.75, 3.05) is 0 Å². The van der Waals surface area contributed by atoms with Crippen molar-refractivity contribution in [3.05, 3.63) is 35.4 Å². The van der Waals surface area contributed by atoms with E-state index in [1.165, 1.54) is 18.4 Å². The third-order valence-electron chi connectivity index (χ3n) is 5.14. The zero-order chi connectivity index (χ0) is 15.1. The van der Waals surface area contributed by atoms with Gasteiger partial charge in [-0.1, -0.05) is 24.3 Å². The van der Waals surface area contributed by atoms with Crippen molar-refractivity contribution in [1.29, 1.82) is 0 Å². The quantitative estimate of drug-likeness (QED) is 0.715. The fourth-order valence-electron chi connectivity index (χ4n) is 4.07. The highest BCUT2D eigenvalue weighted by Gasteiger charge is 2.43. The van der Waals surface area contributed by atoms with Crippen LogP contribution in [0.5, 0.6) is 0 Å². The molecule has 3 rings (SSSR count). The molecule has 0 saturated heterocycles. The van der Waals surface area contributed by atoms with Gasteiger partial charge in [-0.2, -0.15) is 0 Å². The molecular formula is C19H26O2. The Bertz CT molecular complexity index is 531. The van der Waals surface area contributed by atoms with E-state index < -0.39 is 0 Å². The fourth-order valence-corrected chi connectivity index (χ4v) is 4.07. The minimum absolute atomic E-state index is 0.00336. The summed E-state index contributed by atoms with van der Waals surface area (Å²) in [5, 5.41) is 0. The molecule has 21 heavy (non-hydrogen) atoms. The van der Waals surface area contributed by atoms with Crippen LogP contribution in [-0.4, -0.2) is 11.6 Å². The van der Waals surface area contributed by atoms with E-state index in [4.69, 9.17) is 4.74 Å². The smallest absolute Gasteiger partial charge is 0.309 e. The van der Waals surface area contributed by atoms with Gasteiger partial charge in [-0.05, 0) is 75.8 Å². The van der Waals surface area contributed by atoms with Crippen LogP contribution in [0.1, 0.15) is 64.0 Å². The molecule has 0 aromatic heterocycles. The first-order valence-electron chi connectivity index (χ1n) is 8.21. The van der Waals surface area contributed by atoms with Crippen LogP contribution >= 0.6 is 0 Å². The van der Waals surface area contributed by atoms with E-state index in [-0.39, 0.29) is 17.5 Å². The van der Waals surface area contributed by atoms with E-state index in [2.05, 4.69) is 24.3 Å². The number of esters is 1. The molecule has 2 aliphatic carbocycles. The number of carbonyl (C=O) groups is 1. The Kier molecular flexibility index (Phi) is 3.59. The number of rotatable bonds is 1. The van der Waals surface area contributed by atoms with Gasteiger partial charge in [-0.25, -0.2) is 0 Å². The molecule has 1 aromatic carbocycles. The molecule has 1 spiro atoms. The van der Waals surface area contributed by atoms with Gasteiger partial charge in [-0.3, -0.25) is 4.79 Å². The zero-order valence-corrected chi connectivity index (χ0v) is 13.4. The lowest BCUT2D eigenvalue weighted by Crippen LogP contribution is -2.35. The van der Waals surface area contributed by atoms with Crippen LogP contribution in [0.15, 0.2) is 24.3 Å². The monoisotopic (exact) mass is 286 g/mol. The molecule has 0 N–H and O–H groups in total.